The van der Waals surface area contributed by atoms with Crippen LogP contribution in [0.5, 0.6) is 0 Å². The molecule has 0 radical (unpaired) electrons. The quantitative estimate of drug-likeness (QED) is 0.515. The van der Waals surface area contributed by atoms with E-state index in [0.29, 0.717) is 10.5 Å². The van der Waals surface area contributed by atoms with Gasteiger partial charge in [-0.25, -0.2) is 8.42 Å². The van der Waals surface area contributed by atoms with Gasteiger partial charge in [0.1, 0.15) is 11.0 Å². The van der Waals surface area contributed by atoms with E-state index in [4.69, 9.17) is 27.5 Å². The van der Waals surface area contributed by atoms with Gasteiger partial charge in [0.05, 0.1) is 5.56 Å². The summed E-state index contributed by atoms with van der Waals surface area (Å²) in [5.74, 6) is 0.0245. The van der Waals surface area contributed by atoms with Crippen molar-refractivity contribution in [2.75, 3.05) is 0 Å². The lowest BCUT2D eigenvalue weighted by Crippen LogP contribution is -1.99. The van der Waals surface area contributed by atoms with Crippen LogP contribution in [0.25, 0.3) is 0 Å². The predicted molar refractivity (Wildman–Crippen MR) is 61.0 cm³/mol. The highest BCUT2D eigenvalue weighted by atomic mass is 35.7. The number of rotatable bonds is 2. The largest absolute Gasteiger partial charge is 0.262 e. The van der Waals surface area contributed by atoms with Crippen LogP contribution in [-0.4, -0.2) is 8.42 Å². The molecule has 15 heavy (non-hydrogen) atoms. The summed E-state index contributed by atoms with van der Waals surface area (Å²) in [7, 11) is 1.23. The van der Waals surface area contributed by atoms with E-state index < -0.39 is 9.05 Å². The van der Waals surface area contributed by atoms with E-state index in [0.717, 1.165) is 0 Å². The van der Waals surface area contributed by atoms with Gasteiger partial charge in [-0.1, -0.05) is 0 Å². The first-order valence-electron chi connectivity index (χ1n) is 3.66. The minimum absolute atomic E-state index is 0.0245. The average Bonchev–Trinajstić information content (AvgIpc) is 2.15. The lowest BCUT2D eigenvalue weighted by Gasteiger charge is -2.05. The van der Waals surface area contributed by atoms with E-state index in [2.05, 4.69) is 12.6 Å². The van der Waals surface area contributed by atoms with Gasteiger partial charge < -0.3 is 0 Å². The minimum Gasteiger partial charge on any atom is -0.207 e. The van der Waals surface area contributed by atoms with E-state index in [1.54, 1.807) is 6.07 Å². The number of nitrogens with zero attached hydrogens (tertiary/aromatic N) is 1. The molecule has 1 rings (SSSR count). The monoisotopic (exact) mass is 281 g/mol. The number of hydrogen-bond donors (Lipinski definition) is 1. The maximum atomic E-state index is 11.2. The molecule has 7 heteroatoms. The van der Waals surface area contributed by atoms with Gasteiger partial charge >= 0.3 is 0 Å². The van der Waals surface area contributed by atoms with Crippen molar-refractivity contribution in [3.05, 3.63) is 23.3 Å². The van der Waals surface area contributed by atoms with Crippen LogP contribution in [0.2, 0.25) is 0 Å². The van der Waals surface area contributed by atoms with Crippen LogP contribution in [0.1, 0.15) is 11.1 Å². The lowest BCUT2D eigenvalue weighted by atomic mass is 10.1. The summed E-state index contributed by atoms with van der Waals surface area (Å²) in [5, 5.41) is 8.83. The Hall–Kier alpha value is -0.410. The summed E-state index contributed by atoms with van der Waals surface area (Å²) in [5.41, 5.74) is 0.365. The maximum Gasteiger partial charge on any atom is 0.262 e. The van der Waals surface area contributed by atoms with Crippen molar-refractivity contribution in [2.45, 2.75) is 15.7 Å². The molecule has 0 heterocycles. The molecule has 0 fully saturated rings. The van der Waals surface area contributed by atoms with Crippen molar-refractivity contribution in [1.82, 2.24) is 0 Å². The molecule has 0 atom stereocenters. The third-order valence-electron chi connectivity index (χ3n) is 1.69. The molecule has 3 nitrogen and oxygen atoms in total. The van der Waals surface area contributed by atoms with Crippen molar-refractivity contribution in [1.29, 1.82) is 5.26 Å². The molecule has 0 spiro atoms. The number of benzene rings is 1. The summed E-state index contributed by atoms with van der Waals surface area (Å²) in [6.07, 6.45) is 0. The number of thiol groups is 1. The van der Waals surface area contributed by atoms with E-state index in [9.17, 15) is 8.42 Å². The molecular formula is C8H5Cl2NO2S2. The number of hydrogen-bond acceptors (Lipinski definition) is 4. The molecule has 1 aromatic rings. The van der Waals surface area contributed by atoms with Gasteiger partial charge in [0.2, 0.25) is 0 Å². The number of nitriles is 1. The Balaban J connectivity index is 3.66. The van der Waals surface area contributed by atoms with Gasteiger partial charge in [0.15, 0.2) is 0 Å². The summed E-state index contributed by atoms with van der Waals surface area (Å²) in [4.78, 5) is 0.138. The van der Waals surface area contributed by atoms with Crippen molar-refractivity contribution >= 4 is 44.0 Å². The summed E-state index contributed by atoms with van der Waals surface area (Å²) in [6, 6.07) is 4.52. The zero-order valence-corrected chi connectivity index (χ0v) is 10.5. The SMILES string of the molecule is N#Cc1c(CCl)cc(S)cc1S(=O)(=O)Cl. The van der Waals surface area contributed by atoms with Crippen molar-refractivity contribution in [3.8, 4) is 6.07 Å². The molecule has 80 valence electrons. The van der Waals surface area contributed by atoms with E-state index in [1.165, 1.54) is 12.1 Å². The van der Waals surface area contributed by atoms with Gasteiger partial charge in [0.25, 0.3) is 9.05 Å². The first kappa shape index (κ1) is 12.7. The first-order chi connectivity index (χ1) is 6.90. The fraction of sp³-hybridized carbons (Fsp3) is 0.125. The predicted octanol–water partition coefficient (Wildman–Crippen LogP) is 2.51. The Labute approximate surface area is 102 Å². The summed E-state index contributed by atoms with van der Waals surface area (Å²) in [6.45, 7) is 0. The van der Waals surface area contributed by atoms with Crippen LogP contribution in [0.3, 0.4) is 0 Å². The lowest BCUT2D eigenvalue weighted by molar-refractivity contribution is 0.609. The van der Waals surface area contributed by atoms with Gasteiger partial charge in [-0.05, 0) is 17.7 Å². The minimum atomic E-state index is -3.96. The molecular weight excluding hydrogens is 277 g/mol. The molecule has 0 saturated heterocycles. The zero-order valence-electron chi connectivity index (χ0n) is 7.24. The Morgan fingerprint density at radius 3 is 2.47 bits per heavy atom. The van der Waals surface area contributed by atoms with Crippen LogP contribution in [0.15, 0.2) is 21.9 Å². The Kier molecular flexibility index (Phi) is 3.90. The van der Waals surface area contributed by atoms with E-state index >= 15 is 0 Å². The standard InChI is InChI=1S/C8H5Cl2NO2S2/c9-3-5-1-6(14)2-8(7(5)4-11)15(10,12)13/h1-2,14H,3H2. The fourth-order valence-corrected chi connectivity index (χ4v) is 2.72. The highest BCUT2D eigenvalue weighted by Gasteiger charge is 2.19. The molecule has 0 saturated carbocycles. The molecule has 0 unspecified atom stereocenters. The molecule has 0 amide bonds. The van der Waals surface area contributed by atoms with Crippen LogP contribution >= 0.6 is 34.9 Å². The van der Waals surface area contributed by atoms with Crippen LogP contribution < -0.4 is 0 Å². The smallest absolute Gasteiger partial charge is 0.207 e. The second kappa shape index (κ2) is 4.62. The Morgan fingerprint density at radius 1 is 1.47 bits per heavy atom. The van der Waals surface area contributed by atoms with Gasteiger partial charge in [-0.15, -0.1) is 24.2 Å². The second-order valence-electron chi connectivity index (χ2n) is 2.66. The fourth-order valence-electron chi connectivity index (χ4n) is 1.08. The molecule has 0 aliphatic rings. The van der Waals surface area contributed by atoms with Gasteiger partial charge in [0, 0.05) is 21.5 Å². The first-order valence-corrected chi connectivity index (χ1v) is 6.96. The van der Waals surface area contributed by atoms with Crippen molar-refractivity contribution in [2.24, 2.45) is 0 Å². The number of alkyl halides is 1. The molecule has 0 N–H and O–H groups in total. The third kappa shape index (κ3) is 2.79. The third-order valence-corrected chi connectivity index (χ3v) is 3.58. The van der Waals surface area contributed by atoms with Crippen LogP contribution in [0, 0.1) is 11.3 Å². The summed E-state index contributed by atoms with van der Waals surface area (Å²) >= 11 is 9.59. The highest BCUT2D eigenvalue weighted by Crippen LogP contribution is 2.27. The van der Waals surface area contributed by atoms with Gasteiger partial charge in [-0.3, -0.25) is 0 Å². The van der Waals surface area contributed by atoms with Crippen LogP contribution in [0.4, 0.5) is 0 Å². The molecule has 0 aromatic heterocycles. The molecule has 0 aliphatic carbocycles. The van der Waals surface area contributed by atoms with Crippen molar-refractivity contribution in [3.63, 3.8) is 0 Å². The normalized spacial score (nSPS) is 11.1. The number of halogens is 2. The highest BCUT2D eigenvalue weighted by molar-refractivity contribution is 8.13. The maximum absolute atomic E-state index is 11.2. The molecule has 1 aromatic carbocycles. The Morgan fingerprint density at radius 2 is 2.07 bits per heavy atom. The van der Waals surface area contributed by atoms with Crippen molar-refractivity contribution < 1.29 is 8.42 Å². The average molecular weight is 282 g/mol. The zero-order chi connectivity index (χ0) is 11.6. The molecule has 0 bridgehead atoms. The van der Waals surface area contributed by atoms with E-state index in [1.807, 2.05) is 0 Å². The molecule has 0 aliphatic heterocycles. The topological polar surface area (TPSA) is 57.9 Å². The van der Waals surface area contributed by atoms with E-state index in [-0.39, 0.29) is 16.3 Å². The Bertz CT molecular complexity index is 534. The second-order valence-corrected chi connectivity index (χ2v) is 5.98. The van der Waals surface area contributed by atoms with Crippen LogP contribution in [-0.2, 0) is 14.9 Å². The summed E-state index contributed by atoms with van der Waals surface area (Å²) < 4.78 is 22.3. The van der Waals surface area contributed by atoms with Gasteiger partial charge in [-0.2, -0.15) is 5.26 Å².